The average Bonchev–Trinajstić information content (AvgIpc) is 2.88. The summed E-state index contributed by atoms with van der Waals surface area (Å²) in [5.41, 5.74) is 6.14. The Morgan fingerprint density at radius 2 is 2.31 bits per heavy atom. The highest BCUT2D eigenvalue weighted by atomic mass is 32.1. The van der Waals surface area contributed by atoms with Gasteiger partial charge < -0.3 is 11.1 Å². The number of nitrogens with zero attached hydrogens (tertiary/aromatic N) is 1. The van der Waals surface area contributed by atoms with Crippen LogP contribution in [0, 0.1) is 6.92 Å². The molecule has 0 radical (unpaired) electrons. The molecule has 0 aromatic carbocycles. The topological polar surface area (TPSA) is 68.0 Å². The lowest BCUT2D eigenvalue weighted by Crippen LogP contribution is -2.46. The van der Waals surface area contributed by atoms with Gasteiger partial charge in [-0.15, -0.1) is 11.3 Å². The Balaban J connectivity index is 2.25. The average molecular weight is 239 g/mol. The highest BCUT2D eigenvalue weighted by molar-refractivity contribution is 7.09. The van der Waals surface area contributed by atoms with Gasteiger partial charge in [-0.25, -0.2) is 4.98 Å². The van der Waals surface area contributed by atoms with Crippen molar-refractivity contribution in [3.8, 4) is 0 Å². The maximum atomic E-state index is 11.5. The van der Waals surface area contributed by atoms with Crippen molar-refractivity contribution in [3.63, 3.8) is 0 Å². The molecule has 1 aromatic heterocycles. The molecule has 1 aliphatic carbocycles. The molecule has 88 valence electrons. The molecule has 0 atom stereocenters. The monoisotopic (exact) mass is 239 g/mol. The second-order valence-corrected chi connectivity index (χ2v) is 5.19. The predicted molar refractivity (Wildman–Crippen MR) is 64.2 cm³/mol. The minimum Gasteiger partial charge on any atom is -0.343 e. The first-order chi connectivity index (χ1) is 7.66. The number of thiazole rings is 1. The molecule has 2 rings (SSSR count). The van der Waals surface area contributed by atoms with Crippen LogP contribution in [0.1, 0.15) is 36.4 Å². The lowest BCUT2D eigenvalue weighted by atomic mass is 9.98. The van der Waals surface area contributed by atoms with E-state index in [0.29, 0.717) is 0 Å². The zero-order valence-electron chi connectivity index (χ0n) is 9.45. The van der Waals surface area contributed by atoms with Gasteiger partial charge in [0.25, 0.3) is 0 Å². The standard InChI is InChI=1S/C11H17N3OS/c1-8-7-16-10(13-8)11(4-2-3-5-11)14-9(15)6-12/h7H,2-6,12H2,1H3,(H,14,15). The number of carbonyl (C=O) groups is 1. The number of nitrogens with one attached hydrogen (secondary N) is 1. The number of nitrogens with two attached hydrogens (primary N) is 1. The Hall–Kier alpha value is -0.940. The van der Waals surface area contributed by atoms with E-state index >= 15 is 0 Å². The van der Waals surface area contributed by atoms with Crippen molar-refractivity contribution < 1.29 is 4.79 Å². The van der Waals surface area contributed by atoms with Crippen molar-refractivity contribution in [2.45, 2.75) is 38.1 Å². The SMILES string of the molecule is Cc1csc(C2(NC(=O)CN)CCCC2)n1. The molecule has 1 aliphatic rings. The first-order valence-electron chi connectivity index (χ1n) is 5.60. The van der Waals surface area contributed by atoms with Gasteiger partial charge in [0.1, 0.15) is 5.01 Å². The molecule has 1 saturated carbocycles. The maximum absolute atomic E-state index is 11.5. The number of hydrogen-bond donors (Lipinski definition) is 2. The van der Waals surface area contributed by atoms with Crippen LogP contribution in [0.4, 0.5) is 0 Å². The minimum absolute atomic E-state index is 0.0477. The lowest BCUT2D eigenvalue weighted by molar-refractivity contribution is -0.121. The maximum Gasteiger partial charge on any atom is 0.234 e. The molecule has 0 bridgehead atoms. The van der Waals surface area contributed by atoms with Crippen LogP contribution in [0.25, 0.3) is 0 Å². The van der Waals surface area contributed by atoms with Gasteiger partial charge in [-0.1, -0.05) is 12.8 Å². The van der Waals surface area contributed by atoms with Crippen LogP contribution in [0.15, 0.2) is 5.38 Å². The van der Waals surface area contributed by atoms with E-state index in [1.54, 1.807) is 11.3 Å². The molecule has 16 heavy (non-hydrogen) atoms. The first kappa shape index (κ1) is 11.5. The molecule has 4 nitrogen and oxygen atoms in total. The van der Waals surface area contributed by atoms with Crippen LogP contribution >= 0.6 is 11.3 Å². The zero-order chi connectivity index (χ0) is 11.6. The molecule has 1 amide bonds. The molecule has 0 saturated heterocycles. The highest BCUT2D eigenvalue weighted by Gasteiger charge is 2.39. The summed E-state index contributed by atoms with van der Waals surface area (Å²) >= 11 is 1.63. The van der Waals surface area contributed by atoms with Gasteiger partial charge in [0, 0.05) is 11.1 Å². The molecule has 1 fully saturated rings. The number of amides is 1. The predicted octanol–water partition coefficient (Wildman–Crippen LogP) is 1.30. The fraction of sp³-hybridized carbons (Fsp3) is 0.636. The molecular weight excluding hydrogens is 222 g/mol. The summed E-state index contributed by atoms with van der Waals surface area (Å²) in [5.74, 6) is -0.0882. The summed E-state index contributed by atoms with van der Waals surface area (Å²) < 4.78 is 0. The van der Waals surface area contributed by atoms with E-state index in [1.165, 1.54) is 0 Å². The van der Waals surface area contributed by atoms with Crippen molar-refractivity contribution >= 4 is 17.2 Å². The largest absolute Gasteiger partial charge is 0.343 e. The third-order valence-corrected chi connectivity index (χ3v) is 4.21. The number of rotatable bonds is 3. The van der Waals surface area contributed by atoms with Crippen molar-refractivity contribution in [2.75, 3.05) is 6.54 Å². The number of aryl methyl sites for hydroxylation is 1. The van der Waals surface area contributed by atoms with E-state index in [2.05, 4.69) is 10.3 Å². The minimum atomic E-state index is -0.241. The summed E-state index contributed by atoms with van der Waals surface area (Å²) in [4.78, 5) is 16.0. The summed E-state index contributed by atoms with van der Waals surface area (Å²) in [6.07, 6.45) is 4.24. The second kappa shape index (κ2) is 4.51. The van der Waals surface area contributed by atoms with Gasteiger partial charge >= 0.3 is 0 Å². The zero-order valence-corrected chi connectivity index (χ0v) is 10.3. The Morgan fingerprint density at radius 3 is 2.81 bits per heavy atom. The van der Waals surface area contributed by atoms with Crippen LogP contribution in [-0.2, 0) is 10.3 Å². The molecule has 0 aliphatic heterocycles. The van der Waals surface area contributed by atoms with E-state index < -0.39 is 0 Å². The Kier molecular flexibility index (Phi) is 3.25. The van der Waals surface area contributed by atoms with E-state index in [9.17, 15) is 4.79 Å². The number of carbonyl (C=O) groups excluding carboxylic acids is 1. The van der Waals surface area contributed by atoms with Crippen LogP contribution in [-0.4, -0.2) is 17.4 Å². The van der Waals surface area contributed by atoms with E-state index in [-0.39, 0.29) is 18.0 Å². The summed E-state index contributed by atoms with van der Waals surface area (Å²) in [5, 5.41) is 6.12. The van der Waals surface area contributed by atoms with Gasteiger partial charge in [0.15, 0.2) is 0 Å². The number of hydrogen-bond acceptors (Lipinski definition) is 4. The summed E-state index contributed by atoms with van der Waals surface area (Å²) in [6, 6.07) is 0. The molecular formula is C11H17N3OS. The van der Waals surface area contributed by atoms with E-state index in [0.717, 1.165) is 36.4 Å². The Bertz CT molecular complexity index is 382. The van der Waals surface area contributed by atoms with Crippen molar-refractivity contribution in [3.05, 3.63) is 16.1 Å². The van der Waals surface area contributed by atoms with E-state index in [1.807, 2.05) is 12.3 Å². The van der Waals surface area contributed by atoms with Crippen LogP contribution in [0.3, 0.4) is 0 Å². The second-order valence-electron chi connectivity index (χ2n) is 4.34. The molecule has 0 spiro atoms. The van der Waals surface area contributed by atoms with Gasteiger partial charge in [0.05, 0.1) is 12.1 Å². The molecule has 1 aromatic rings. The van der Waals surface area contributed by atoms with Gasteiger partial charge in [-0.05, 0) is 19.8 Å². The lowest BCUT2D eigenvalue weighted by Gasteiger charge is -2.27. The third kappa shape index (κ3) is 2.10. The molecule has 0 unspecified atom stereocenters. The highest BCUT2D eigenvalue weighted by Crippen LogP contribution is 2.39. The molecule has 5 heteroatoms. The normalized spacial score (nSPS) is 18.6. The van der Waals surface area contributed by atoms with Crippen molar-refractivity contribution in [2.24, 2.45) is 5.73 Å². The van der Waals surface area contributed by atoms with Gasteiger partial charge in [-0.2, -0.15) is 0 Å². The third-order valence-electron chi connectivity index (χ3n) is 3.05. The fourth-order valence-electron chi connectivity index (χ4n) is 2.26. The number of aromatic nitrogens is 1. The van der Waals surface area contributed by atoms with Gasteiger partial charge in [0.2, 0.25) is 5.91 Å². The van der Waals surface area contributed by atoms with E-state index in [4.69, 9.17) is 5.73 Å². The fourth-order valence-corrected chi connectivity index (χ4v) is 3.27. The van der Waals surface area contributed by atoms with Crippen LogP contribution in [0.5, 0.6) is 0 Å². The van der Waals surface area contributed by atoms with Crippen molar-refractivity contribution in [1.29, 1.82) is 0 Å². The van der Waals surface area contributed by atoms with Crippen molar-refractivity contribution in [1.82, 2.24) is 10.3 Å². The Labute approximate surface area is 99.3 Å². The smallest absolute Gasteiger partial charge is 0.234 e. The molecule has 3 N–H and O–H groups in total. The summed E-state index contributed by atoms with van der Waals surface area (Å²) in [6.45, 7) is 2.03. The molecule has 1 heterocycles. The first-order valence-corrected chi connectivity index (χ1v) is 6.48. The van der Waals surface area contributed by atoms with Crippen LogP contribution in [0.2, 0.25) is 0 Å². The summed E-state index contributed by atoms with van der Waals surface area (Å²) in [7, 11) is 0. The quantitative estimate of drug-likeness (QED) is 0.835. The van der Waals surface area contributed by atoms with Crippen LogP contribution < -0.4 is 11.1 Å². The Morgan fingerprint density at radius 1 is 1.62 bits per heavy atom. The van der Waals surface area contributed by atoms with Gasteiger partial charge in [-0.3, -0.25) is 4.79 Å².